The van der Waals surface area contributed by atoms with Crippen LogP contribution in [-0.2, 0) is 16.6 Å². The number of aryl methyl sites for hydroxylation is 1. The van der Waals surface area contributed by atoms with E-state index in [9.17, 15) is 8.42 Å². The Morgan fingerprint density at radius 1 is 1.40 bits per heavy atom. The Bertz CT molecular complexity index is 720. The largest absolute Gasteiger partial charge is 0.389 e. The Balaban J connectivity index is 2.23. The van der Waals surface area contributed by atoms with E-state index in [4.69, 9.17) is 18.0 Å². The summed E-state index contributed by atoms with van der Waals surface area (Å²) in [5.41, 5.74) is 6.51. The highest BCUT2D eigenvalue weighted by Gasteiger charge is 2.15. The molecule has 0 spiro atoms. The second-order valence-corrected chi connectivity index (χ2v) is 6.20. The molecule has 0 fully saturated rings. The monoisotopic (exact) mass is 310 g/mol. The zero-order valence-corrected chi connectivity index (χ0v) is 12.4. The van der Waals surface area contributed by atoms with Crippen molar-refractivity contribution in [2.24, 2.45) is 5.73 Å². The summed E-state index contributed by atoms with van der Waals surface area (Å²) in [6.45, 7) is 2.59. The molecule has 1 heterocycles. The Labute approximate surface area is 122 Å². The Hall–Kier alpha value is -1.93. The van der Waals surface area contributed by atoms with Crippen LogP contribution in [0, 0.1) is 0 Å². The molecule has 106 valence electrons. The number of rotatable bonds is 5. The molecule has 0 aliphatic rings. The average Bonchev–Trinajstić information content (AvgIpc) is 2.85. The minimum Gasteiger partial charge on any atom is -0.389 e. The van der Waals surface area contributed by atoms with Gasteiger partial charge in [0.15, 0.2) is 0 Å². The van der Waals surface area contributed by atoms with Crippen LogP contribution in [0.15, 0.2) is 41.6 Å². The molecular weight excluding hydrogens is 296 g/mol. The summed E-state index contributed by atoms with van der Waals surface area (Å²) in [5, 5.41) is 4.01. The van der Waals surface area contributed by atoms with E-state index in [1.807, 2.05) is 6.92 Å². The summed E-state index contributed by atoms with van der Waals surface area (Å²) >= 11 is 4.82. The van der Waals surface area contributed by atoms with Gasteiger partial charge >= 0.3 is 0 Å². The third-order valence-corrected chi connectivity index (χ3v) is 4.29. The number of benzene rings is 1. The van der Waals surface area contributed by atoms with Crippen molar-refractivity contribution in [3.63, 3.8) is 0 Å². The fraction of sp³-hybridized carbons (Fsp3) is 0.167. The molecule has 20 heavy (non-hydrogen) atoms. The summed E-state index contributed by atoms with van der Waals surface area (Å²) in [4.78, 5) is 0.368. The molecule has 1 aromatic heterocycles. The summed E-state index contributed by atoms with van der Waals surface area (Å²) in [5.74, 6) is 0. The van der Waals surface area contributed by atoms with Crippen LogP contribution in [0.4, 0.5) is 5.69 Å². The predicted molar refractivity (Wildman–Crippen MR) is 81.0 cm³/mol. The van der Waals surface area contributed by atoms with Crippen molar-refractivity contribution in [2.45, 2.75) is 18.4 Å². The van der Waals surface area contributed by atoms with E-state index in [1.54, 1.807) is 23.0 Å². The molecule has 0 aliphatic heterocycles. The van der Waals surface area contributed by atoms with Gasteiger partial charge in [0.2, 0.25) is 0 Å². The lowest BCUT2D eigenvalue weighted by atomic mass is 10.2. The van der Waals surface area contributed by atoms with E-state index in [-0.39, 0.29) is 9.88 Å². The zero-order chi connectivity index (χ0) is 14.8. The number of hydrogen-bond donors (Lipinski definition) is 2. The molecule has 8 heteroatoms. The summed E-state index contributed by atoms with van der Waals surface area (Å²) in [7, 11) is -3.64. The molecule has 0 saturated heterocycles. The van der Waals surface area contributed by atoms with Gasteiger partial charge in [0.25, 0.3) is 10.0 Å². The van der Waals surface area contributed by atoms with E-state index < -0.39 is 10.0 Å². The fourth-order valence-electron chi connectivity index (χ4n) is 1.60. The number of sulfonamides is 1. The lowest BCUT2D eigenvalue weighted by molar-refractivity contribution is 0.601. The minimum atomic E-state index is -3.64. The second kappa shape index (κ2) is 5.59. The van der Waals surface area contributed by atoms with Gasteiger partial charge in [0.1, 0.15) is 4.99 Å². The van der Waals surface area contributed by atoms with Gasteiger partial charge in [-0.3, -0.25) is 9.40 Å². The van der Waals surface area contributed by atoms with Gasteiger partial charge in [-0.05, 0) is 19.1 Å². The van der Waals surface area contributed by atoms with Crippen LogP contribution in [0.25, 0.3) is 0 Å². The fourth-order valence-corrected chi connectivity index (χ4v) is 2.77. The standard InChI is InChI=1S/C12H14N4O2S2/c1-2-16-8-10(7-14-16)15-20(17,18)11-5-3-9(4-6-11)12(13)19/h3-8,15H,2H2,1H3,(H2,13,19). The number of nitrogens with zero attached hydrogens (tertiary/aromatic N) is 2. The highest BCUT2D eigenvalue weighted by molar-refractivity contribution is 7.92. The molecule has 1 aromatic carbocycles. The molecule has 0 unspecified atom stereocenters. The number of thiocarbonyl (C=S) groups is 1. The Morgan fingerprint density at radius 2 is 2.05 bits per heavy atom. The second-order valence-electron chi connectivity index (χ2n) is 4.08. The zero-order valence-electron chi connectivity index (χ0n) is 10.8. The van der Waals surface area contributed by atoms with Crippen molar-refractivity contribution in [1.82, 2.24) is 9.78 Å². The first-order valence-electron chi connectivity index (χ1n) is 5.87. The molecule has 0 radical (unpaired) electrons. The highest BCUT2D eigenvalue weighted by Crippen LogP contribution is 2.16. The van der Waals surface area contributed by atoms with Crippen LogP contribution in [0.2, 0.25) is 0 Å². The smallest absolute Gasteiger partial charge is 0.261 e. The normalized spacial score (nSPS) is 11.2. The number of aromatic nitrogens is 2. The summed E-state index contributed by atoms with van der Waals surface area (Å²) < 4.78 is 28.4. The molecule has 6 nitrogen and oxygen atoms in total. The molecule has 0 saturated carbocycles. The highest BCUT2D eigenvalue weighted by atomic mass is 32.2. The van der Waals surface area contributed by atoms with E-state index in [2.05, 4.69) is 9.82 Å². The van der Waals surface area contributed by atoms with Crippen molar-refractivity contribution in [2.75, 3.05) is 4.72 Å². The van der Waals surface area contributed by atoms with Gasteiger partial charge in [0.05, 0.1) is 16.8 Å². The van der Waals surface area contributed by atoms with Crippen LogP contribution >= 0.6 is 12.2 Å². The van der Waals surface area contributed by atoms with Crippen molar-refractivity contribution < 1.29 is 8.42 Å². The third kappa shape index (κ3) is 3.14. The number of anilines is 1. The number of nitrogens with one attached hydrogen (secondary N) is 1. The Morgan fingerprint density at radius 3 is 2.55 bits per heavy atom. The first-order valence-corrected chi connectivity index (χ1v) is 7.76. The lowest BCUT2D eigenvalue weighted by Gasteiger charge is -2.06. The van der Waals surface area contributed by atoms with Gasteiger partial charge < -0.3 is 5.73 Å². The van der Waals surface area contributed by atoms with E-state index in [0.29, 0.717) is 17.8 Å². The van der Waals surface area contributed by atoms with Gasteiger partial charge in [-0.1, -0.05) is 24.4 Å². The van der Waals surface area contributed by atoms with Crippen molar-refractivity contribution >= 4 is 32.9 Å². The Kier molecular flexibility index (Phi) is 4.05. The van der Waals surface area contributed by atoms with Gasteiger partial charge in [0, 0.05) is 18.3 Å². The SMILES string of the molecule is CCn1cc(NS(=O)(=O)c2ccc(C(N)=S)cc2)cn1. The van der Waals surface area contributed by atoms with Crippen molar-refractivity contribution in [1.29, 1.82) is 0 Å². The van der Waals surface area contributed by atoms with E-state index in [1.165, 1.54) is 18.3 Å². The third-order valence-electron chi connectivity index (χ3n) is 2.66. The quantitative estimate of drug-likeness (QED) is 0.813. The lowest BCUT2D eigenvalue weighted by Crippen LogP contribution is -2.14. The first kappa shape index (κ1) is 14.5. The molecule has 0 amide bonds. The topological polar surface area (TPSA) is 90.0 Å². The van der Waals surface area contributed by atoms with E-state index >= 15 is 0 Å². The van der Waals surface area contributed by atoms with Gasteiger partial charge in [-0.15, -0.1) is 0 Å². The van der Waals surface area contributed by atoms with Gasteiger partial charge in [-0.2, -0.15) is 5.10 Å². The van der Waals surface area contributed by atoms with Gasteiger partial charge in [-0.25, -0.2) is 8.42 Å². The summed E-state index contributed by atoms with van der Waals surface area (Å²) in [6.07, 6.45) is 3.09. The van der Waals surface area contributed by atoms with E-state index in [0.717, 1.165) is 0 Å². The van der Waals surface area contributed by atoms with Crippen LogP contribution in [-0.4, -0.2) is 23.2 Å². The maximum absolute atomic E-state index is 12.2. The van der Waals surface area contributed by atoms with Crippen LogP contribution in [0.5, 0.6) is 0 Å². The molecule has 0 atom stereocenters. The maximum Gasteiger partial charge on any atom is 0.261 e. The molecule has 3 N–H and O–H groups in total. The first-order chi connectivity index (χ1) is 9.42. The molecular formula is C12H14N4O2S2. The average molecular weight is 310 g/mol. The predicted octanol–water partition coefficient (Wildman–Crippen LogP) is 1.34. The minimum absolute atomic E-state index is 0.141. The van der Waals surface area contributed by atoms with Crippen LogP contribution < -0.4 is 10.5 Å². The summed E-state index contributed by atoms with van der Waals surface area (Å²) in [6, 6.07) is 6.07. The molecule has 0 aliphatic carbocycles. The molecule has 2 rings (SSSR count). The number of nitrogens with two attached hydrogens (primary N) is 1. The van der Waals surface area contributed by atoms with Crippen LogP contribution in [0.3, 0.4) is 0 Å². The van der Waals surface area contributed by atoms with Crippen LogP contribution in [0.1, 0.15) is 12.5 Å². The maximum atomic E-state index is 12.2. The number of hydrogen-bond acceptors (Lipinski definition) is 4. The molecule has 0 bridgehead atoms. The van der Waals surface area contributed by atoms with Crippen molar-refractivity contribution in [3.05, 3.63) is 42.2 Å². The molecule has 2 aromatic rings. The van der Waals surface area contributed by atoms with Crippen molar-refractivity contribution in [3.8, 4) is 0 Å².